The van der Waals surface area contributed by atoms with Crippen molar-refractivity contribution in [2.45, 2.75) is 13.8 Å². The van der Waals surface area contributed by atoms with Gasteiger partial charge in [0.15, 0.2) is 5.82 Å². The van der Waals surface area contributed by atoms with Gasteiger partial charge in [-0.05, 0) is 18.1 Å². The Morgan fingerprint density at radius 2 is 1.67 bits per heavy atom. The van der Waals surface area contributed by atoms with Crippen LogP contribution in [0.3, 0.4) is 0 Å². The van der Waals surface area contributed by atoms with Crippen molar-refractivity contribution in [3.63, 3.8) is 0 Å². The number of benzene rings is 2. The van der Waals surface area contributed by atoms with E-state index in [9.17, 15) is 4.79 Å². The summed E-state index contributed by atoms with van der Waals surface area (Å²) in [6, 6.07) is 19.6. The summed E-state index contributed by atoms with van der Waals surface area (Å²) in [5.41, 5.74) is 2.32. The fourth-order valence-corrected chi connectivity index (χ4v) is 2.68. The third-order valence-electron chi connectivity index (χ3n) is 4.18. The second-order valence-electron chi connectivity index (χ2n) is 6.80. The summed E-state index contributed by atoms with van der Waals surface area (Å²) in [6.45, 7) is 4.73. The molecule has 1 heterocycles. The summed E-state index contributed by atoms with van der Waals surface area (Å²) < 4.78 is 0. The summed E-state index contributed by atoms with van der Waals surface area (Å²) in [5.74, 6) is 1.37. The van der Waals surface area contributed by atoms with Gasteiger partial charge in [0.25, 0.3) is 5.91 Å². The number of amides is 1. The monoisotopic (exact) mass is 360 g/mol. The highest BCUT2D eigenvalue weighted by atomic mass is 16.1. The molecule has 0 bridgehead atoms. The molecule has 1 amide bonds. The Morgan fingerprint density at radius 1 is 1.04 bits per heavy atom. The van der Waals surface area contributed by atoms with E-state index in [-0.39, 0.29) is 5.91 Å². The third kappa shape index (κ3) is 4.50. The molecular weight excluding hydrogens is 336 g/mol. The number of carbonyl (C=O) groups excluding carboxylic acids is 1. The van der Waals surface area contributed by atoms with Crippen LogP contribution in [-0.4, -0.2) is 29.5 Å². The van der Waals surface area contributed by atoms with E-state index in [2.05, 4.69) is 24.1 Å². The van der Waals surface area contributed by atoms with E-state index in [1.807, 2.05) is 72.6 Å². The molecule has 138 valence electrons. The van der Waals surface area contributed by atoms with Crippen LogP contribution in [0.15, 0.2) is 66.9 Å². The number of aromatic nitrogens is 2. The van der Waals surface area contributed by atoms with Crippen molar-refractivity contribution >= 4 is 17.4 Å². The average molecular weight is 360 g/mol. The molecule has 27 heavy (non-hydrogen) atoms. The predicted molar refractivity (Wildman–Crippen MR) is 109 cm³/mol. The molecular formula is C22H24N4O. The number of rotatable bonds is 6. The molecule has 0 aliphatic heterocycles. The van der Waals surface area contributed by atoms with Gasteiger partial charge >= 0.3 is 0 Å². The number of hydrogen-bond donors (Lipinski definition) is 1. The molecule has 0 saturated heterocycles. The lowest BCUT2D eigenvalue weighted by Crippen LogP contribution is -2.29. The molecule has 5 heteroatoms. The van der Waals surface area contributed by atoms with Crippen LogP contribution in [0.2, 0.25) is 0 Å². The van der Waals surface area contributed by atoms with Gasteiger partial charge < -0.3 is 10.2 Å². The summed E-state index contributed by atoms with van der Waals surface area (Å²) in [4.78, 5) is 23.8. The van der Waals surface area contributed by atoms with Gasteiger partial charge in [-0.3, -0.25) is 4.79 Å². The number of anilines is 2. The lowest BCUT2D eigenvalue weighted by atomic mass is 10.2. The van der Waals surface area contributed by atoms with Crippen molar-refractivity contribution < 1.29 is 4.79 Å². The molecule has 2 aromatic carbocycles. The topological polar surface area (TPSA) is 58.1 Å². The highest BCUT2D eigenvalue weighted by Gasteiger charge is 2.19. The Bertz CT molecular complexity index is 895. The molecule has 3 rings (SSSR count). The smallest absolute Gasteiger partial charge is 0.256 e. The fraction of sp³-hybridized carbons (Fsp3) is 0.227. The van der Waals surface area contributed by atoms with Crippen LogP contribution in [0.4, 0.5) is 11.5 Å². The zero-order chi connectivity index (χ0) is 19.2. The first-order valence-corrected chi connectivity index (χ1v) is 9.05. The minimum atomic E-state index is -0.166. The van der Waals surface area contributed by atoms with Crippen LogP contribution in [0.1, 0.15) is 24.2 Å². The molecule has 3 aromatic rings. The first-order valence-electron chi connectivity index (χ1n) is 9.05. The van der Waals surface area contributed by atoms with Gasteiger partial charge in [0, 0.05) is 31.0 Å². The van der Waals surface area contributed by atoms with Crippen molar-refractivity contribution in [3.8, 4) is 11.4 Å². The van der Waals surface area contributed by atoms with Crippen molar-refractivity contribution in [2.24, 2.45) is 5.92 Å². The van der Waals surface area contributed by atoms with E-state index in [0.717, 1.165) is 11.3 Å². The molecule has 1 N–H and O–H groups in total. The van der Waals surface area contributed by atoms with E-state index in [1.165, 1.54) is 0 Å². The van der Waals surface area contributed by atoms with Crippen molar-refractivity contribution in [1.29, 1.82) is 0 Å². The van der Waals surface area contributed by atoms with Crippen molar-refractivity contribution in [3.05, 3.63) is 72.4 Å². The van der Waals surface area contributed by atoms with E-state index in [4.69, 9.17) is 4.98 Å². The van der Waals surface area contributed by atoms with Gasteiger partial charge in [-0.15, -0.1) is 0 Å². The normalized spacial score (nSPS) is 10.7. The first-order chi connectivity index (χ1) is 13.1. The van der Waals surface area contributed by atoms with Crippen LogP contribution in [0.5, 0.6) is 0 Å². The largest absolute Gasteiger partial charge is 0.352 e. The van der Waals surface area contributed by atoms with Crippen molar-refractivity contribution in [1.82, 2.24) is 15.3 Å². The maximum absolute atomic E-state index is 12.7. The molecule has 0 aliphatic rings. The van der Waals surface area contributed by atoms with E-state index in [1.54, 1.807) is 6.20 Å². The molecule has 0 saturated carbocycles. The standard InChI is InChI=1S/C22H24N4O/c1-16(2)14-24-22(27)19-15-23-20(17-10-6-4-7-11-17)25-21(19)26(3)18-12-8-5-9-13-18/h4-13,15-16H,14H2,1-3H3,(H,24,27). The third-order valence-corrected chi connectivity index (χ3v) is 4.18. The van der Waals surface area contributed by atoms with E-state index < -0.39 is 0 Å². The van der Waals surface area contributed by atoms with Gasteiger partial charge in [0.05, 0.1) is 0 Å². The molecule has 0 radical (unpaired) electrons. The van der Waals surface area contributed by atoms with E-state index in [0.29, 0.717) is 29.7 Å². The van der Waals surface area contributed by atoms with Crippen molar-refractivity contribution in [2.75, 3.05) is 18.5 Å². The van der Waals surface area contributed by atoms with Crippen LogP contribution in [0, 0.1) is 5.92 Å². The summed E-state index contributed by atoms with van der Waals surface area (Å²) in [5, 5.41) is 2.96. The van der Waals surface area contributed by atoms with E-state index >= 15 is 0 Å². The Labute approximate surface area is 160 Å². The van der Waals surface area contributed by atoms with Crippen LogP contribution in [-0.2, 0) is 0 Å². The molecule has 0 unspecified atom stereocenters. The Hall–Kier alpha value is -3.21. The zero-order valence-electron chi connectivity index (χ0n) is 15.9. The Balaban J connectivity index is 2.03. The second kappa shape index (κ2) is 8.45. The number of nitrogens with zero attached hydrogens (tertiary/aromatic N) is 3. The Kier molecular flexibility index (Phi) is 5.81. The molecule has 5 nitrogen and oxygen atoms in total. The maximum atomic E-state index is 12.7. The van der Waals surface area contributed by atoms with Gasteiger partial charge in [-0.25, -0.2) is 9.97 Å². The van der Waals surface area contributed by atoms with Crippen LogP contribution < -0.4 is 10.2 Å². The second-order valence-corrected chi connectivity index (χ2v) is 6.80. The summed E-state index contributed by atoms with van der Waals surface area (Å²) >= 11 is 0. The highest BCUT2D eigenvalue weighted by molar-refractivity contribution is 5.99. The lowest BCUT2D eigenvalue weighted by Gasteiger charge is -2.21. The fourth-order valence-electron chi connectivity index (χ4n) is 2.68. The Morgan fingerprint density at radius 3 is 2.30 bits per heavy atom. The highest BCUT2D eigenvalue weighted by Crippen LogP contribution is 2.27. The van der Waals surface area contributed by atoms with Gasteiger partial charge in [0.2, 0.25) is 0 Å². The number of nitrogens with one attached hydrogen (secondary N) is 1. The first kappa shape index (κ1) is 18.6. The number of hydrogen-bond acceptors (Lipinski definition) is 4. The zero-order valence-corrected chi connectivity index (χ0v) is 15.9. The minimum absolute atomic E-state index is 0.166. The SMILES string of the molecule is CC(C)CNC(=O)c1cnc(-c2ccccc2)nc1N(C)c1ccccc1. The summed E-state index contributed by atoms with van der Waals surface area (Å²) in [7, 11) is 1.91. The molecule has 0 atom stereocenters. The summed E-state index contributed by atoms with van der Waals surface area (Å²) in [6.07, 6.45) is 1.61. The average Bonchev–Trinajstić information content (AvgIpc) is 2.72. The molecule has 1 aromatic heterocycles. The van der Waals surface area contributed by atoms with Gasteiger partial charge in [-0.2, -0.15) is 0 Å². The molecule has 0 spiro atoms. The van der Waals surface area contributed by atoms with Crippen LogP contribution in [0.25, 0.3) is 11.4 Å². The molecule has 0 fully saturated rings. The number of carbonyl (C=O) groups is 1. The van der Waals surface area contributed by atoms with Crippen LogP contribution >= 0.6 is 0 Å². The molecule has 0 aliphatic carbocycles. The number of para-hydroxylation sites is 1. The quantitative estimate of drug-likeness (QED) is 0.712. The minimum Gasteiger partial charge on any atom is -0.352 e. The lowest BCUT2D eigenvalue weighted by molar-refractivity contribution is 0.0949. The van der Waals surface area contributed by atoms with Gasteiger partial charge in [0.1, 0.15) is 11.4 Å². The predicted octanol–water partition coefficient (Wildman–Crippen LogP) is 4.30. The van der Waals surface area contributed by atoms with Gasteiger partial charge in [-0.1, -0.05) is 62.4 Å². The maximum Gasteiger partial charge on any atom is 0.256 e.